The van der Waals surface area contributed by atoms with Gasteiger partial charge in [-0.25, -0.2) is 0 Å². The number of nitrogens with one attached hydrogen (secondary N) is 1. The highest BCUT2D eigenvalue weighted by molar-refractivity contribution is 6.62. The van der Waals surface area contributed by atoms with Crippen LogP contribution in [0.25, 0.3) is 10.8 Å². The highest BCUT2D eigenvalue weighted by atomic mass is 16.7. The van der Waals surface area contributed by atoms with Crippen LogP contribution in [0, 0.1) is 6.92 Å². The monoisotopic (exact) mass is 415 g/mol. The number of amides is 1. The molecule has 31 heavy (non-hydrogen) atoms. The predicted molar refractivity (Wildman–Crippen MR) is 127 cm³/mol. The van der Waals surface area contributed by atoms with Crippen molar-refractivity contribution in [2.75, 3.05) is 0 Å². The smallest absolute Gasteiger partial charge is 0.399 e. The molecule has 4 rings (SSSR count). The number of carbonyl (C=O) groups excluding carboxylic acids is 1. The summed E-state index contributed by atoms with van der Waals surface area (Å²) >= 11 is 0. The molecule has 1 atom stereocenters. The summed E-state index contributed by atoms with van der Waals surface area (Å²) in [6.07, 6.45) is 0. The van der Waals surface area contributed by atoms with Gasteiger partial charge in [0.05, 0.1) is 17.2 Å². The minimum Gasteiger partial charge on any atom is -0.399 e. The van der Waals surface area contributed by atoms with E-state index in [1.165, 1.54) is 5.39 Å². The zero-order valence-corrected chi connectivity index (χ0v) is 19.2. The fourth-order valence-corrected chi connectivity index (χ4v) is 3.99. The molecule has 1 N–H and O–H groups in total. The summed E-state index contributed by atoms with van der Waals surface area (Å²) in [5.41, 5.74) is 2.67. The summed E-state index contributed by atoms with van der Waals surface area (Å²) < 4.78 is 12.3. The molecular formula is C26H30BNO3. The molecule has 0 unspecified atom stereocenters. The second kappa shape index (κ2) is 7.81. The molecule has 0 aliphatic carbocycles. The van der Waals surface area contributed by atoms with E-state index in [4.69, 9.17) is 9.31 Å². The molecule has 0 saturated carbocycles. The number of hydrogen-bond donors (Lipinski definition) is 1. The van der Waals surface area contributed by atoms with Crippen molar-refractivity contribution in [2.24, 2.45) is 0 Å². The van der Waals surface area contributed by atoms with Crippen molar-refractivity contribution in [2.45, 2.75) is 58.8 Å². The Hall–Kier alpha value is -2.63. The lowest BCUT2D eigenvalue weighted by Gasteiger charge is -2.32. The zero-order chi connectivity index (χ0) is 22.4. The zero-order valence-electron chi connectivity index (χ0n) is 19.2. The third kappa shape index (κ3) is 4.00. The normalized spacial score (nSPS) is 18.2. The van der Waals surface area contributed by atoms with Crippen molar-refractivity contribution < 1.29 is 14.1 Å². The lowest BCUT2D eigenvalue weighted by atomic mass is 9.77. The van der Waals surface area contributed by atoms with E-state index in [1.807, 2.05) is 77.9 Å². The first-order valence-electron chi connectivity index (χ1n) is 10.8. The van der Waals surface area contributed by atoms with Crippen LogP contribution in [0.4, 0.5) is 0 Å². The van der Waals surface area contributed by atoms with Gasteiger partial charge in [-0.05, 0) is 75.0 Å². The molecule has 3 aromatic carbocycles. The van der Waals surface area contributed by atoms with E-state index < -0.39 is 18.3 Å². The molecule has 1 aliphatic rings. The Bertz CT molecular complexity index is 1120. The highest BCUT2D eigenvalue weighted by Gasteiger charge is 2.51. The van der Waals surface area contributed by atoms with Crippen LogP contribution in [0.2, 0.25) is 0 Å². The SMILES string of the molecule is Cc1ccc(B2OC(C)(C)C(C)(C)O2)cc1C(=O)N[C@H](C)c1cccc2ccccc12. The Labute approximate surface area is 185 Å². The van der Waals surface area contributed by atoms with E-state index in [1.54, 1.807) is 0 Å². The molecule has 1 amide bonds. The van der Waals surface area contributed by atoms with Crippen LogP contribution in [0.5, 0.6) is 0 Å². The largest absolute Gasteiger partial charge is 0.494 e. The van der Waals surface area contributed by atoms with E-state index in [2.05, 4.69) is 29.6 Å². The number of rotatable bonds is 4. The van der Waals surface area contributed by atoms with E-state index in [-0.39, 0.29) is 11.9 Å². The van der Waals surface area contributed by atoms with Gasteiger partial charge in [-0.15, -0.1) is 0 Å². The molecule has 1 fully saturated rings. The van der Waals surface area contributed by atoms with Gasteiger partial charge in [0.15, 0.2) is 0 Å². The van der Waals surface area contributed by atoms with Gasteiger partial charge in [0.25, 0.3) is 5.91 Å². The van der Waals surface area contributed by atoms with Gasteiger partial charge in [-0.3, -0.25) is 4.79 Å². The van der Waals surface area contributed by atoms with Gasteiger partial charge in [-0.2, -0.15) is 0 Å². The lowest BCUT2D eigenvalue weighted by molar-refractivity contribution is 0.00578. The summed E-state index contributed by atoms with van der Waals surface area (Å²) in [5, 5.41) is 5.50. The molecule has 4 nitrogen and oxygen atoms in total. The Balaban J connectivity index is 1.58. The quantitative estimate of drug-likeness (QED) is 0.615. The van der Waals surface area contributed by atoms with Crippen molar-refractivity contribution in [1.82, 2.24) is 5.32 Å². The summed E-state index contributed by atoms with van der Waals surface area (Å²) in [7, 11) is -0.493. The first kappa shape index (κ1) is 21.6. The van der Waals surface area contributed by atoms with Crippen LogP contribution < -0.4 is 10.8 Å². The van der Waals surface area contributed by atoms with Crippen LogP contribution in [0.3, 0.4) is 0 Å². The third-order valence-electron chi connectivity index (χ3n) is 6.67. The van der Waals surface area contributed by atoms with Crippen LogP contribution in [0.1, 0.15) is 62.1 Å². The number of carbonyl (C=O) groups is 1. The van der Waals surface area contributed by atoms with E-state index in [0.29, 0.717) is 5.56 Å². The van der Waals surface area contributed by atoms with Gasteiger partial charge in [0.1, 0.15) is 0 Å². The summed E-state index contributed by atoms with van der Waals surface area (Å²) in [6, 6.07) is 20.1. The maximum Gasteiger partial charge on any atom is 0.494 e. The second-order valence-electron chi connectivity index (χ2n) is 9.43. The van der Waals surface area contributed by atoms with Gasteiger partial charge in [0, 0.05) is 5.56 Å². The summed E-state index contributed by atoms with van der Waals surface area (Å²) in [4.78, 5) is 13.2. The minimum absolute atomic E-state index is 0.101. The Morgan fingerprint density at radius 2 is 1.58 bits per heavy atom. The van der Waals surface area contributed by atoms with Gasteiger partial charge in [0.2, 0.25) is 0 Å². The Morgan fingerprint density at radius 1 is 0.935 bits per heavy atom. The van der Waals surface area contributed by atoms with Crippen LogP contribution in [-0.4, -0.2) is 24.2 Å². The van der Waals surface area contributed by atoms with E-state index in [9.17, 15) is 4.79 Å². The molecule has 160 valence electrons. The molecule has 1 aliphatic heterocycles. The maximum absolute atomic E-state index is 13.2. The third-order valence-corrected chi connectivity index (χ3v) is 6.67. The van der Waals surface area contributed by atoms with E-state index in [0.717, 1.165) is 22.0 Å². The van der Waals surface area contributed by atoms with Crippen LogP contribution in [-0.2, 0) is 9.31 Å². The average Bonchev–Trinajstić information content (AvgIpc) is 2.94. The standard InChI is InChI=1S/C26H30BNO3/c1-17-14-15-20(27-30-25(3,4)26(5,6)31-27)16-23(17)24(29)28-18(2)21-13-9-11-19-10-7-8-12-22(19)21/h7-16,18H,1-6H3,(H,28,29)/t18-/m1/s1. The predicted octanol–water partition coefficient (Wildman–Crippen LogP) is 4.94. The summed E-state index contributed by atoms with van der Waals surface area (Å²) in [5.74, 6) is -0.101. The number of fused-ring (bicyclic) bond motifs is 1. The fourth-order valence-electron chi connectivity index (χ4n) is 3.99. The highest BCUT2D eigenvalue weighted by Crippen LogP contribution is 2.36. The van der Waals surface area contributed by atoms with Crippen molar-refractivity contribution in [3.8, 4) is 0 Å². The fraction of sp³-hybridized carbons (Fsp3) is 0.346. The molecule has 5 heteroatoms. The van der Waals surface area contributed by atoms with Crippen molar-refractivity contribution in [1.29, 1.82) is 0 Å². The van der Waals surface area contributed by atoms with Gasteiger partial charge >= 0.3 is 7.12 Å². The molecule has 0 radical (unpaired) electrons. The van der Waals surface area contributed by atoms with Crippen molar-refractivity contribution in [3.63, 3.8) is 0 Å². The maximum atomic E-state index is 13.2. The first-order chi connectivity index (χ1) is 14.6. The van der Waals surface area contributed by atoms with Gasteiger partial charge in [-0.1, -0.05) is 54.6 Å². The van der Waals surface area contributed by atoms with Crippen LogP contribution >= 0.6 is 0 Å². The number of benzene rings is 3. The topological polar surface area (TPSA) is 47.6 Å². The average molecular weight is 415 g/mol. The van der Waals surface area contributed by atoms with Crippen molar-refractivity contribution >= 4 is 29.3 Å². The second-order valence-corrected chi connectivity index (χ2v) is 9.43. The molecule has 0 bridgehead atoms. The molecular weight excluding hydrogens is 385 g/mol. The van der Waals surface area contributed by atoms with Gasteiger partial charge < -0.3 is 14.6 Å². The van der Waals surface area contributed by atoms with Crippen molar-refractivity contribution in [3.05, 3.63) is 77.4 Å². The Morgan fingerprint density at radius 3 is 2.29 bits per heavy atom. The number of aryl methyl sites for hydroxylation is 1. The first-order valence-corrected chi connectivity index (χ1v) is 10.8. The van der Waals surface area contributed by atoms with Crippen LogP contribution in [0.15, 0.2) is 60.7 Å². The molecule has 1 saturated heterocycles. The minimum atomic E-state index is -0.493. The Kier molecular flexibility index (Phi) is 5.44. The lowest BCUT2D eigenvalue weighted by Crippen LogP contribution is -2.41. The molecule has 0 spiro atoms. The molecule has 1 heterocycles. The molecule has 0 aromatic heterocycles. The van der Waals surface area contributed by atoms with E-state index >= 15 is 0 Å². The number of hydrogen-bond acceptors (Lipinski definition) is 3. The molecule has 3 aromatic rings. The summed E-state index contributed by atoms with van der Waals surface area (Å²) in [6.45, 7) is 12.1.